The van der Waals surface area contributed by atoms with Crippen LogP contribution in [0.25, 0.3) is 0 Å². The second kappa shape index (κ2) is 5.93. The van der Waals surface area contributed by atoms with Gasteiger partial charge in [-0.15, -0.1) is 0 Å². The van der Waals surface area contributed by atoms with Crippen molar-refractivity contribution in [2.45, 2.75) is 18.6 Å². The molecule has 1 atom stereocenters. The van der Waals surface area contributed by atoms with Gasteiger partial charge in [0.1, 0.15) is 11.8 Å². The van der Waals surface area contributed by atoms with Gasteiger partial charge >= 0.3 is 6.18 Å². The molecule has 0 aliphatic carbocycles. The SMILES string of the molecule is FC(F)(F)C(NCCc1ccco1)c1ccccc1. The van der Waals surface area contributed by atoms with Crippen LogP contribution in [0, 0.1) is 0 Å². The Morgan fingerprint density at radius 2 is 1.79 bits per heavy atom. The summed E-state index contributed by atoms with van der Waals surface area (Å²) in [6, 6.07) is 9.64. The first-order chi connectivity index (χ1) is 9.07. The van der Waals surface area contributed by atoms with Crippen molar-refractivity contribution in [3.05, 3.63) is 60.1 Å². The zero-order valence-corrected chi connectivity index (χ0v) is 10.2. The summed E-state index contributed by atoms with van der Waals surface area (Å²) in [5, 5.41) is 2.53. The topological polar surface area (TPSA) is 25.2 Å². The number of halogens is 3. The molecule has 0 aliphatic rings. The van der Waals surface area contributed by atoms with Crippen molar-refractivity contribution in [2.24, 2.45) is 0 Å². The number of rotatable bonds is 5. The van der Waals surface area contributed by atoms with Gasteiger partial charge in [-0.3, -0.25) is 0 Å². The fourth-order valence-corrected chi connectivity index (χ4v) is 1.86. The van der Waals surface area contributed by atoms with Gasteiger partial charge in [0.25, 0.3) is 0 Å². The summed E-state index contributed by atoms with van der Waals surface area (Å²) in [7, 11) is 0. The first kappa shape index (κ1) is 13.7. The minimum absolute atomic E-state index is 0.201. The molecule has 0 fully saturated rings. The standard InChI is InChI=1S/C14H14F3NO/c15-14(16,17)13(11-5-2-1-3-6-11)18-9-8-12-7-4-10-19-12/h1-7,10,13,18H,8-9H2. The monoisotopic (exact) mass is 269 g/mol. The number of nitrogens with one attached hydrogen (secondary N) is 1. The van der Waals surface area contributed by atoms with E-state index in [0.717, 1.165) is 0 Å². The lowest BCUT2D eigenvalue weighted by molar-refractivity contribution is -0.157. The molecule has 1 N–H and O–H groups in total. The lowest BCUT2D eigenvalue weighted by atomic mass is 10.1. The highest BCUT2D eigenvalue weighted by Gasteiger charge is 2.40. The predicted molar refractivity (Wildman–Crippen MR) is 65.7 cm³/mol. The summed E-state index contributed by atoms with van der Waals surface area (Å²) in [5.74, 6) is 0.668. The summed E-state index contributed by atoms with van der Waals surface area (Å²) in [5.41, 5.74) is 0.217. The summed E-state index contributed by atoms with van der Waals surface area (Å²) < 4.78 is 44.0. The maximum Gasteiger partial charge on any atom is 0.407 e. The molecule has 2 aromatic rings. The highest BCUT2D eigenvalue weighted by atomic mass is 19.4. The maximum atomic E-state index is 13.0. The Morgan fingerprint density at radius 1 is 1.05 bits per heavy atom. The van der Waals surface area contributed by atoms with Gasteiger partial charge in [0.15, 0.2) is 0 Å². The number of furan rings is 1. The van der Waals surface area contributed by atoms with E-state index in [2.05, 4.69) is 5.32 Å². The van der Waals surface area contributed by atoms with Gasteiger partial charge < -0.3 is 9.73 Å². The van der Waals surface area contributed by atoms with Gasteiger partial charge in [-0.25, -0.2) is 0 Å². The number of alkyl halides is 3. The van der Waals surface area contributed by atoms with E-state index in [1.165, 1.54) is 18.4 Å². The van der Waals surface area contributed by atoms with Crippen LogP contribution in [0.3, 0.4) is 0 Å². The first-order valence-corrected chi connectivity index (χ1v) is 5.95. The summed E-state index contributed by atoms with van der Waals surface area (Å²) in [6.45, 7) is 0.201. The summed E-state index contributed by atoms with van der Waals surface area (Å²) in [4.78, 5) is 0. The van der Waals surface area contributed by atoms with Crippen LogP contribution in [0.2, 0.25) is 0 Å². The fourth-order valence-electron chi connectivity index (χ4n) is 1.86. The molecule has 2 rings (SSSR count). The van der Waals surface area contributed by atoms with Crippen molar-refractivity contribution in [3.63, 3.8) is 0 Å². The Bertz CT molecular complexity index is 479. The molecule has 19 heavy (non-hydrogen) atoms. The van der Waals surface area contributed by atoms with E-state index >= 15 is 0 Å². The molecule has 0 amide bonds. The Labute approximate surface area is 109 Å². The molecule has 0 radical (unpaired) electrons. The van der Waals surface area contributed by atoms with E-state index in [9.17, 15) is 13.2 Å². The minimum Gasteiger partial charge on any atom is -0.469 e. The molecule has 1 aromatic heterocycles. The molecule has 102 valence electrons. The normalized spacial score (nSPS) is 13.4. The van der Waals surface area contributed by atoms with E-state index in [1.54, 1.807) is 30.3 Å². The van der Waals surface area contributed by atoms with Gasteiger partial charge in [0.2, 0.25) is 0 Å². The second-order valence-electron chi connectivity index (χ2n) is 4.17. The van der Waals surface area contributed by atoms with Crippen molar-refractivity contribution < 1.29 is 17.6 Å². The van der Waals surface area contributed by atoms with Crippen molar-refractivity contribution >= 4 is 0 Å². The van der Waals surface area contributed by atoms with Crippen LogP contribution in [0.5, 0.6) is 0 Å². The molecular formula is C14H14F3NO. The largest absolute Gasteiger partial charge is 0.469 e. The van der Waals surface area contributed by atoms with Crippen molar-refractivity contribution in [3.8, 4) is 0 Å². The Balaban J connectivity index is 1.99. The number of benzene rings is 1. The molecule has 0 spiro atoms. The van der Waals surface area contributed by atoms with Crippen LogP contribution >= 0.6 is 0 Å². The van der Waals surface area contributed by atoms with E-state index in [-0.39, 0.29) is 12.1 Å². The molecule has 0 saturated heterocycles. The van der Waals surface area contributed by atoms with Crippen LogP contribution in [-0.4, -0.2) is 12.7 Å². The van der Waals surface area contributed by atoms with Gasteiger partial charge in [0.05, 0.1) is 6.26 Å². The predicted octanol–water partition coefficient (Wildman–Crippen LogP) is 3.72. The molecule has 5 heteroatoms. The van der Waals surface area contributed by atoms with Crippen LogP contribution in [-0.2, 0) is 6.42 Å². The third kappa shape index (κ3) is 3.86. The average Bonchev–Trinajstić information content (AvgIpc) is 2.87. The fraction of sp³-hybridized carbons (Fsp3) is 0.286. The third-order valence-corrected chi connectivity index (χ3v) is 2.76. The lowest BCUT2D eigenvalue weighted by Gasteiger charge is -2.21. The van der Waals surface area contributed by atoms with Gasteiger partial charge in [0, 0.05) is 13.0 Å². The highest BCUT2D eigenvalue weighted by molar-refractivity contribution is 5.20. The highest BCUT2D eigenvalue weighted by Crippen LogP contribution is 2.32. The average molecular weight is 269 g/mol. The van der Waals surface area contributed by atoms with Crippen LogP contribution in [0.15, 0.2) is 53.1 Å². The summed E-state index contributed by atoms with van der Waals surface area (Å²) >= 11 is 0. The summed E-state index contributed by atoms with van der Waals surface area (Å²) in [6.07, 6.45) is -2.38. The van der Waals surface area contributed by atoms with Gasteiger partial charge in [-0.1, -0.05) is 30.3 Å². The smallest absolute Gasteiger partial charge is 0.407 e. The van der Waals surface area contributed by atoms with Gasteiger partial charge in [-0.05, 0) is 17.7 Å². The van der Waals surface area contributed by atoms with Crippen LogP contribution in [0.4, 0.5) is 13.2 Å². The van der Waals surface area contributed by atoms with Crippen LogP contribution < -0.4 is 5.32 Å². The zero-order chi connectivity index (χ0) is 13.7. The Morgan fingerprint density at radius 3 is 2.37 bits per heavy atom. The molecule has 0 aliphatic heterocycles. The van der Waals surface area contributed by atoms with Crippen LogP contribution in [0.1, 0.15) is 17.4 Å². The van der Waals surface area contributed by atoms with E-state index < -0.39 is 12.2 Å². The third-order valence-electron chi connectivity index (χ3n) is 2.76. The van der Waals surface area contributed by atoms with E-state index in [1.807, 2.05) is 0 Å². The molecule has 1 heterocycles. The molecule has 1 aromatic carbocycles. The maximum absolute atomic E-state index is 13.0. The Hall–Kier alpha value is -1.75. The second-order valence-corrected chi connectivity index (χ2v) is 4.17. The quantitative estimate of drug-likeness (QED) is 0.895. The van der Waals surface area contributed by atoms with Crippen molar-refractivity contribution in [1.82, 2.24) is 5.32 Å². The first-order valence-electron chi connectivity index (χ1n) is 5.95. The van der Waals surface area contributed by atoms with E-state index in [4.69, 9.17) is 4.42 Å². The lowest BCUT2D eigenvalue weighted by Crippen LogP contribution is -2.35. The van der Waals surface area contributed by atoms with Crippen molar-refractivity contribution in [1.29, 1.82) is 0 Å². The molecule has 0 saturated carbocycles. The number of hydrogen-bond acceptors (Lipinski definition) is 2. The number of hydrogen-bond donors (Lipinski definition) is 1. The molecular weight excluding hydrogens is 255 g/mol. The molecule has 0 bridgehead atoms. The molecule has 1 unspecified atom stereocenters. The Kier molecular flexibility index (Phi) is 4.27. The minimum atomic E-state index is -4.31. The van der Waals surface area contributed by atoms with Crippen molar-refractivity contribution in [2.75, 3.05) is 6.54 Å². The van der Waals surface area contributed by atoms with E-state index in [0.29, 0.717) is 12.2 Å². The molecule has 2 nitrogen and oxygen atoms in total. The van der Waals surface area contributed by atoms with Gasteiger partial charge in [-0.2, -0.15) is 13.2 Å². The zero-order valence-electron chi connectivity index (χ0n) is 10.2.